The van der Waals surface area contributed by atoms with Crippen molar-refractivity contribution in [2.45, 2.75) is 0 Å². The van der Waals surface area contributed by atoms with Gasteiger partial charge in [-0.25, -0.2) is 0 Å². The molecule has 0 aliphatic carbocycles. The van der Waals surface area contributed by atoms with E-state index >= 15 is 0 Å². The van der Waals surface area contributed by atoms with Gasteiger partial charge in [0.25, 0.3) is 0 Å². The monoisotopic (exact) mass is 211 g/mol. The van der Waals surface area contributed by atoms with E-state index < -0.39 is 5.78 Å². The van der Waals surface area contributed by atoms with Crippen molar-refractivity contribution < 1.29 is 4.79 Å². The highest BCUT2D eigenvalue weighted by Gasteiger charge is 1.96. The van der Waals surface area contributed by atoms with Gasteiger partial charge >= 0.3 is 0 Å². The molecule has 2 nitrogen and oxygen atoms in total. The van der Waals surface area contributed by atoms with Crippen LogP contribution in [0.5, 0.6) is 0 Å². The first-order valence-corrected chi connectivity index (χ1v) is 4.59. The van der Waals surface area contributed by atoms with Crippen molar-refractivity contribution in [1.29, 1.82) is 5.26 Å². The van der Waals surface area contributed by atoms with E-state index in [1.54, 1.807) is 6.07 Å². The Morgan fingerprint density at radius 1 is 1.25 bits per heavy atom. The Morgan fingerprint density at radius 2 is 1.81 bits per heavy atom. The fraction of sp³-hybridized carbons (Fsp3) is 0. The molecular formula is C14H13NO. The van der Waals surface area contributed by atoms with Gasteiger partial charge in [-0.05, 0) is 11.6 Å². The summed E-state index contributed by atoms with van der Waals surface area (Å²) in [5.41, 5.74) is 1.10. The topological polar surface area (TPSA) is 40.9 Å². The van der Waals surface area contributed by atoms with Crippen molar-refractivity contribution in [2.75, 3.05) is 0 Å². The van der Waals surface area contributed by atoms with Crippen LogP contribution < -0.4 is 0 Å². The van der Waals surface area contributed by atoms with Crippen LogP contribution in [0.1, 0.15) is 5.56 Å². The van der Waals surface area contributed by atoms with Crippen LogP contribution in [0.4, 0.5) is 0 Å². The Balaban J connectivity index is 0.000000281. The third-order valence-corrected chi connectivity index (χ3v) is 1.65. The smallest absolute Gasteiger partial charge is 0.195 e. The molecule has 0 N–H and O–H groups in total. The number of hydrogen-bond acceptors (Lipinski definition) is 2. The first kappa shape index (κ1) is 13.6. The van der Waals surface area contributed by atoms with E-state index in [-0.39, 0.29) is 5.57 Å². The number of nitriles is 1. The summed E-state index contributed by atoms with van der Waals surface area (Å²) in [6.07, 6.45) is 2.89. The Labute approximate surface area is 95.8 Å². The second-order valence-electron chi connectivity index (χ2n) is 2.77. The minimum absolute atomic E-state index is 0.0694. The number of allylic oxidation sites excluding steroid dienone is 2. The number of rotatable bonds is 3. The van der Waals surface area contributed by atoms with Gasteiger partial charge in [0.05, 0.1) is 5.57 Å². The Bertz CT molecular complexity index is 424. The van der Waals surface area contributed by atoms with Crippen molar-refractivity contribution >= 4 is 11.9 Å². The molecule has 0 heterocycles. The molecule has 2 heteroatoms. The SMILES string of the molecule is C=CC(=O)C(=C)C#N.C=Cc1ccccc1. The van der Waals surface area contributed by atoms with Crippen LogP contribution in [-0.4, -0.2) is 5.78 Å². The molecule has 0 saturated heterocycles. The van der Waals surface area contributed by atoms with Crippen LogP contribution in [-0.2, 0) is 4.79 Å². The largest absolute Gasteiger partial charge is 0.289 e. The molecule has 0 aliphatic rings. The summed E-state index contributed by atoms with van der Waals surface area (Å²) < 4.78 is 0. The maximum Gasteiger partial charge on any atom is 0.195 e. The molecule has 80 valence electrons. The van der Waals surface area contributed by atoms with E-state index in [0.717, 1.165) is 6.08 Å². The molecule has 1 rings (SSSR count). The number of ketones is 1. The third-order valence-electron chi connectivity index (χ3n) is 1.65. The Hall–Kier alpha value is -2.40. The van der Waals surface area contributed by atoms with Gasteiger partial charge in [-0.3, -0.25) is 4.79 Å². The maximum atomic E-state index is 10.3. The predicted octanol–water partition coefficient (Wildman–Crippen LogP) is 3.15. The van der Waals surface area contributed by atoms with Crippen molar-refractivity contribution in [3.8, 4) is 6.07 Å². The molecule has 0 bridgehead atoms. The summed E-state index contributed by atoms with van der Waals surface area (Å²) in [4.78, 5) is 10.3. The molecule has 0 atom stereocenters. The van der Waals surface area contributed by atoms with Crippen molar-refractivity contribution in [2.24, 2.45) is 0 Å². The number of benzene rings is 1. The predicted molar refractivity (Wildman–Crippen MR) is 66.5 cm³/mol. The first-order chi connectivity index (χ1) is 7.65. The summed E-state index contributed by atoms with van der Waals surface area (Å²) in [6.45, 7) is 9.96. The zero-order chi connectivity index (χ0) is 12.4. The molecule has 0 saturated carbocycles. The Kier molecular flexibility index (Phi) is 6.76. The normalized spacial score (nSPS) is 7.69. The Morgan fingerprint density at radius 3 is 2.06 bits per heavy atom. The van der Waals surface area contributed by atoms with E-state index in [0.29, 0.717) is 0 Å². The van der Waals surface area contributed by atoms with E-state index in [2.05, 4.69) is 19.7 Å². The van der Waals surface area contributed by atoms with Crippen LogP contribution in [0, 0.1) is 11.3 Å². The summed E-state index contributed by atoms with van der Waals surface area (Å²) in [5.74, 6) is -0.410. The van der Waals surface area contributed by atoms with E-state index in [9.17, 15) is 4.79 Å². The third kappa shape index (κ3) is 5.36. The molecule has 1 aromatic carbocycles. The van der Waals surface area contributed by atoms with E-state index in [1.807, 2.05) is 36.4 Å². The summed E-state index contributed by atoms with van der Waals surface area (Å²) in [7, 11) is 0. The number of hydrogen-bond donors (Lipinski definition) is 0. The average molecular weight is 211 g/mol. The highest BCUT2D eigenvalue weighted by atomic mass is 16.1. The van der Waals surface area contributed by atoms with Gasteiger partial charge in [-0.15, -0.1) is 0 Å². The van der Waals surface area contributed by atoms with E-state index in [1.165, 1.54) is 5.56 Å². The summed E-state index contributed by atoms with van der Waals surface area (Å²) in [5, 5.41) is 8.02. The standard InChI is InChI=1S/C8H8.C6H5NO/c1-2-8-6-4-3-5-7-8;1-3-6(8)5(2)4-7/h2-7H,1H2;3H,1-2H2. The lowest BCUT2D eigenvalue weighted by Gasteiger charge is -1.85. The van der Waals surface area contributed by atoms with Gasteiger partial charge in [0.1, 0.15) is 6.07 Å². The molecule has 0 radical (unpaired) electrons. The lowest BCUT2D eigenvalue weighted by atomic mass is 10.2. The minimum atomic E-state index is -0.410. The quantitative estimate of drug-likeness (QED) is 0.569. The first-order valence-electron chi connectivity index (χ1n) is 4.59. The molecule has 0 spiro atoms. The lowest BCUT2D eigenvalue weighted by Crippen LogP contribution is -1.91. The highest BCUT2D eigenvalue weighted by molar-refractivity contribution is 6.05. The molecule has 0 unspecified atom stereocenters. The van der Waals surface area contributed by atoms with Gasteiger partial charge in [-0.1, -0.05) is 56.1 Å². The molecule has 0 fully saturated rings. The fourth-order valence-electron chi connectivity index (χ4n) is 0.767. The molecule has 0 amide bonds. The zero-order valence-electron chi connectivity index (χ0n) is 9.02. The van der Waals surface area contributed by atoms with E-state index in [4.69, 9.17) is 5.26 Å². The van der Waals surface area contributed by atoms with Crippen LogP contribution in [0.2, 0.25) is 0 Å². The van der Waals surface area contributed by atoms with Gasteiger partial charge in [-0.2, -0.15) is 5.26 Å². The molecule has 0 aliphatic heterocycles. The fourth-order valence-corrected chi connectivity index (χ4v) is 0.767. The maximum absolute atomic E-state index is 10.3. The van der Waals surface area contributed by atoms with Crippen molar-refractivity contribution in [3.63, 3.8) is 0 Å². The van der Waals surface area contributed by atoms with Gasteiger partial charge in [0.15, 0.2) is 5.78 Å². The zero-order valence-corrected chi connectivity index (χ0v) is 9.02. The van der Waals surface area contributed by atoms with Crippen LogP contribution >= 0.6 is 0 Å². The molecular weight excluding hydrogens is 198 g/mol. The number of carbonyl (C=O) groups is 1. The summed E-state index contributed by atoms with van der Waals surface area (Å²) in [6, 6.07) is 11.6. The van der Waals surface area contributed by atoms with Gasteiger partial charge in [0, 0.05) is 0 Å². The minimum Gasteiger partial charge on any atom is -0.289 e. The number of carbonyl (C=O) groups excluding carboxylic acids is 1. The molecule has 16 heavy (non-hydrogen) atoms. The summed E-state index contributed by atoms with van der Waals surface area (Å²) >= 11 is 0. The van der Waals surface area contributed by atoms with Gasteiger partial charge < -0.3 is 0 Å². The average Bonchev–Trinajstić information content (AvgIpc) is 2.38. The van der Waals surface area contributed by atoms with Gasteiger partial charge in [0.2, 0.25) is 0 Å². The second kappa shape index (κ2) is 7.95. The second-order valence-corrected chi connectivity index (χ2v) is 2.77. The molecule has 0 aromatic heterocycles. The lowest BCUT2D eigenvalue weighted by molar-refractivity contribution is -0.110. The number of nitrogens with zero attached hydrogens (tertiary/aromatic N) is 1. The van der Waals surface area contributed by atoms with Crippen molar-refractivity contribution in [1.82, 2.24) is 0 Å². The van der Waals surface area contributed by atoms with Crippen LogP contribution in [0.3, 0.4) is 0 Å². The molecule has 1 aromatic rings. The van der Waals surface area contributed by atoms with Crippen LogP contribution in [0.15, 0.2) is 61.7 Å². The highest BCUT2D eigenvalue weighted by Crippen LogP contribution is 1.97. The van der Waals surface area contributed by atoms with Crippen LogP contribution in [0.25, 0.3) is 6.08 Å². The van der Waals surface area contributed by atoms with Crippen molar-refractivity contribution in [3.05, 3.63) is 67.3 Å².